The number of halogens is 2. The van der Waals surface area contributed by atoms with Crippen molar-refractivity contribution in [3.05, 3.63) is 0 Å². The van der Waals surface area contributed by atoms with Gasteiger partial charge in [-0.3, -0.25) is 4.79 Å². The predicted octanol–water partition coefficient (Wildman–Crippen LogP) is -4.71. The third-order valence-corrected chi connectivity index (χ3v) is 9.06. The third kappa shape index (κ3) is 9.23. The van der Waals surface area contributed by atoms with Gasteiger partial charge in [-0.2, -0.15) is 0 Å². The first-order chi connectivity index (χ1) is 21.3. The number of alkyl halides is 2. The third-order valence-electron chi connectivity index (χ3n) is 9.06. The summed E-state index contributed by atoms with van der Waals surface area (Å²) in [5.74, 6) is -5.39. The molecular formula is C27H50F2N6O10. The Labute approximate surface area is 260 Å². The van der Waals surface area contributed by atoms with Gasteiger partial charge in [-0.05, 0) is 45.2 Å². The average molecular weight is 657 g/mol. The van der Waals surface area contributed by atoms with Crippen LogP contribution in [0, 0.1) is 0 Å². The van der Waals surface area contributed by atoms with Gasteiger partial charge < -0.3 is 77.6 Å². The lowest BCUT2D eigenvalue weighted by Gasteiger charge is -2.47. The Morgan fingerprint density at radius 2 is 1.71 bits per heavy atom. The summed E-state index contributed by atoms with van der Waals surface area (Å²) in [6, 6.07) is -2.84. The van der Waals surface area contributed by atoms with Gasteiger partial charge in [0, 0.05) is 25.6 Å². The van der Waals surface area contributed by atoms with Crippen LogP contribution in [0.1, 0.15) is 38.5 Å². The molecule has 14 N–H and O–H groups in total. The van der Waals surface area contributed by atoms with E-state index in [0.29, 0.717) is 38.8 Å². The minimum Gasteiger partial charge on any atom is -0.394 e. The Balaban J connectivity index is 1.44. The van der Waals surface area contributed by atoms with Crippen LogP contribution in [0.4, 0.5) is 8.78 Å². The minimum absolute atomic E-state index is 0.0407. The summed E-state index contributed by atoms with van der Waals surface area (Å²) in [6.07, 6.45) is -9.27. The van der Waals surface area contributed by atoms with E-state index < -0.39 is 97.9 Å². The summed E-state index contributed by atoms with van der Waals surface area (Å²) in [5.41, 5.74) is 16.9. The number of hydrogen-bond donors (Lipinski definition) is 11. The average Bonchev–Trinajstić information content (AvgIpc) is 3.37. The van der Waals surface area contributed by atoms with Crippen LogP contribution in [-0.4, -0.2) is 156 Å². The quantitative estimate of drug-likeness (QED) is 0.0889. The summed E-state index contributed by atoms with van der Waals surface area (Å²) in [7, 11) is 0. The fraction of sp³-hybridized carbons (Fsp3) is 0.963. The Morgan fingerprint density at radius 3 is 2.36 bits per heavy atom. The molecule has 4 rings (SSSR count). The second-order valence-corrected chi connectivity index (χ2v) is 12.7. The normalized spacial score (nSPS) is 39.8. The van der Waals surface area contributed by atoms with E-state index in [0.717, 1.165) is 13.1 Å². The van der Waals surface area contributed by atoms with E-state index in [2.05, 4.69) is 16.0 Å². The summed E-state index contributed by atoms with van der Waals surface area (Å²) in [5, 5.41) is 60.5. The number of carbonyl (C=O) groups is 1. The van der Waals surface area contributed by atoms with Gasteiger partial charge in [0.1, 0.15) is 24.4 Å². The first kappa shape index (κ1) is 36.6. The van der Waals surface area contributed by atoms with Gasteiger partial charge in [-0.25, -0.2) is 8.78 Å². The Morgan fingerprint density at radius 1 is 1.04 bits per heavy atom. The molecule has 1 amide bonds. The zero-order valence-corrected chi connectivity index (χ0v) is 25.2. The van der Waals surface area contributed by atoms with E-state index in [1.165, 1.54) is 0 Å². The molecule has 16 nitrogen and oxygen atoms in total. The minimum atomic E-state index is -3.92. The number of aliphatic hydroxyl groups is 5. The highest BCUT2D eigenvalue weighted by Gasteiger charge is 2.51. The smallest absolute Gasteiger partial charge is 0.294 e. The molecule has 1 saturated carbocycles. The standard InChI is InChI=1S/C27H50F2N6O10/c28-27(29,11-30)22(39)23(40)35-17-8-16(32)20(21(19(17)38)45-25-18(37)7-14(10-36)43-25)44-24-15(31)2-1-13(42-24)9-34-12-26(41)3-5-33-6-4-26/h13-22,24-25,33-34,36-39,41H,1-12,30-32H2,(H,35,40)/t13-,14?,15+,16-,17+,18+,19-,20+,21+,22+,24+,25-/m0/s1. The Kier molecular flexibility index (Phi) is 12.8. The van der Waals surface area contributed by atoms with Crippen LogP contribution in [0.25, 0.3) is 0 Å². The van der Waals surface area contributed by atoms with Gasteiger partial charge in [-0.15, -0.1) is 0 Å². The van der Waals surface area contributed by atoms with Crippen LogP contribution in [-0.2, 0) is 23.7 Å². The van der Waals surface area contributed by atoms with Crippen LogP contribution in [0.2, 0.25) is 0 Å². The summed E-state index contributed by atoms with van der Waals surface area (Å²) < 4.78 is 51.6. The molecule has 0 spiro atoms. The highest BCUT2D eigenvalue weighted by Crippen LogP contribution is 2.32. The van der Waals surface area contributed by atoms with Crippen LogP contribution >= 0.6 is 0 Å². The molecule has 0 aromatic carbocycles. The molecule has 12 atom stereocenters. The van der Waals surface area contributed by atoms with Crippen molar-refractivity contribution in [3.8, 4) is 0 Å². The molecular weight excluding hydrogens is 606 g/mol. The maximum absolute atomic E-state index is 13.9. The molecule has 18 heteroatoms. The van der Waals surface area contributed by atoms with E-state index in [9.17, 15) is 39.1 Å². The Hall–Kier alpha value is -1.23. The van der Waals surface area contributed by atoms with Crippen LogP contribution < -0.4 is 33.2 Å². The van der Waals surface area contributed by atoms with Gasteiger partial charge in [0.2, 0.25) is 0 Å². The first-order valence-electron chi connectivity index (χ1n) is 15.6. The van der Waals surface area contributed by atoms with Crippen molar-refractivity contribution >= 4 is 5.91 Å². The number of rotatable bonds is 13. The zero-order valence-electron chi connectivity index (χ0n) is 25.2. The van der Waals surface area contributed by atoms with E-state index in [4.69, 9.17) is 36.1 Å². The second-order valence-electron chi connectivity index (χ2n) is 12.7. The molecule has 3 saturated heterocycles. The fourth-order valence-electron chi connectivity index (χ4n) is 6.24. The molecule has 45 heavy (non-hydrogen) atoms. The largest absolute Gasteiger partial charge is 0.394 e. The molecule has 3 heterocycles. The number of nitrogens with two attached hydrogens (primary N) is 3. The number of hydrogen-bond acceptors (Lipinski definition) is 15. The Bertz CT molecular complexity index is 956. The maximum atomic E-state index is 13.9. The van der Waals surface area contributed by atoms with E-state index in [-0.39, 0.29) is 18.9 Å². The van der Waals surface area contributed by atoms with Crippen molar-refractivity contribution in [2.45, 2.75) is 123 Å². The van der Waals surface area contributed by atoms with Crippen molar-refractivity contribution in [1.82, 2.24) is 16.0 Å². The predicted molar refractivity (Wildman–Crippen MR) is 152 cm³/mol. The van der Waals surface area contributed by atoms with Gasteiger partial charge >= 0.3 is 0 Å². The summed E-state index contributed by atoms with van der Waals surface area (Å²) >= 11 is 0. The zero-order chi connectivity index (χ0) is 32.9. The van der Waals surface area contributed by atoms with Crippen LogP contribution in [0.5, 0.6) is 0 Å². The van der Waals surface area contributed by atoms with E-state index in [1.807, 2.05) is 0 Å². The van der Waals surface area contributed by atoms with Crippen molar-refractivity contribution in [3.63, 3.8) is 0 Å². The molecule has 4 fully saturated rings. The number of carbonyl (C=O) groups excluding carboxylic acids is 1. The topological polar surface area (TPSA) is 269 Å². The molecule has 3 aliphatic heterocycles. The van der Waals surface area contributed by atoms with Crippen molar-refractivity contribution in [1.29, 1.82) is 0 Å². The SMILES string of the molecule is NCC(F)(F)[C@H](O)C(=O)N[C@@H]1C[C@H](N)[C@@H](O[C@H]2O[C@H](CNCC3(O)CCNCC3)CC[C@H]2N)[C@H](O[C@@H]2OC(CO)C[C@H]2O)[C@H]1O. The molecule has 0 bridgehead atoms. The molecule has 1 unspecified atom stereocenters. The van der Waals surface area contributed by atoms with E-state index in [1.54, 1.807) is 0 Å². The van der Waals surface area contributed by atoms with Crippen molar-refractivity contribution < 1.29 is 58.1 Å². The summed E-state index contributed by atoms with van der Waals surface area (Å²) in [6.45, 7) is 0.581. The summed E-state index contributed by atoms with van der Waals surface area (Å²) in [4.78, 5) is 12.5. The maximum Gasteiger partial charge on any atom is 0.294 e. The molecule has 4 aliphatic rings. The molecule has 0 aromatic heterocycles. The van der Waals surface area contributed by atoms with Gasteiger partial charge in [0.25, 0.3) is 11.8 Å². The number of amides is 1. The number of nitrogens with one attached hydrogen (secondary N) is 3. The van der Waals surface area contributed by atoms with Crippen molar-refractivity contribution in [2.75, 3.05) is 39.3 Å². The lowest BCUT2D eigenvalue weighted by atomic mass is 9.83. The number of ether oxygens (including phenoxy) is 4. The van der Waals surface area contributed by atoms with Gasteiger partial charge in [0.15, 0.2) is 18.7 Å². The molecule has 262 valence electrons. The fourth-order valence-corrected chi connectivity index (χ4v) is 6.24. The first-order valence-corrected chi connectivity index (χ1v) is 15.6. The highest BCUT2D eigenvalue weighted by molar-refractivity contribution is 5.82. The number of aliphatic hydroxyl groups excluding tert-OH is 4. The lowest BCUT2D eigenvalue weighted by molar-refractivity contribution is -0.288. The van der Waals surface area contributed by atoms with Gasteiger partial charge in [0.05, 0.1) is 43.0 Å². The van der Waals surface area contributed by atoms with Crippen LogP contribution in [0.3, 0.4) is 0 Å². The number of piperidine rings is 1. The molecule has 1 aliphatic carbocycles. The van der Waals surface area contributed by atoms with Crippen molar-refractivity contribution in [2.24, 2.45) is 17.2 Å². The van der Waals surface area contributed by atoms with Crippen LogP contribution in [0.15, 0.2) is 0 Å². The molecule has 0 radical (unpaired) electrons. The highest BCUT2D eigenvalue weighted by atomic mass is 19.3. The lowest BCUT2D eigenvalue weighted by Crippen LogP contribution is -2.67. The molecule has 0 aromatic rings. The second kappa shape index (κ2) is 15.8. The van der Waals surface area contributed by atoms with E-state index >= 15 is 0 Å². The van der Waals surface area contributed by atoms with Gasteiger partial charge in [-0.1, -0.05) is 0 Å². The monoisotopic (exact) mass is 656 g/mol.